The van der Waals surface area contributed by atoms with Gasteiger partial charge >= 0.3 is 0 Å². The molecular weight excluding hydrogens is 288 g/mol. The molecule has 3 nitrogen and oxygen atoms in total. The Morgan fingerprint density at radius 2 is 2.14 bits per heavy atom. The lowest BCUT2D eigenvalue weighted by molar-refractivity contribution is 0.111. The molecule has 0 bridgehead atoms. The van der Waals surface area contributed by atoms with Crippen LogP contribution in [0.15, 0.2) is 42.5 Å². The number of aldehydes is 1. The molecule has 0 N–H and O–H groups in total. The molecule has 0 fully saturated rings. The standard InChI is InChI=1S/C17H15ClO3/c18-14-5-6-16(13(9-14)10-19)21-11-12-7-8-20-17-4-2-1-3-15(12)17/h1-6,9-10,12H,7-8,11H2. The molecule has 0 spiro atoms. The van der Waals surface area contributed by atoms with Gasteiger partial charge in [-0.25, -0.2) is 0 Å². The first kappa shape index (κ1) is 14.0. The fourth-order valence-corrected chi connectivity index (χ4v) is 2.70. The van der Waals surface area contributed by atoms with E-state index in [2.05, 4.69) is 6.07 Å². The number of rotatable bonds is 4. The molecule has 0 amide bonds. The van der Waals surface area contributed by atoms with Crippen molar-refractivity contribution < 1.29 is 14.3 Å². The van der Waals surface area contributed by atoms with Crippen molar-refractivity contribution in [2.75, 3.05) is 13.2 Å². The molecule has 108 valence electrons. The fraction of sp³-hybridized carbons (Fsp3) is 0.235. The van der Waals surface area contributed by atoms with Crippen molar-refractivity contribution in [2.24, 2.45) is 0 Å². The van der Waals surface area contributed by atoms with Crippen LogP contribution < -0.4 is 9.47 Å². The molecule has 1 atom stereocenters. The van der Waals surface area contributed by atoms with Crippen LogP contribution in [0.5, 0.6) is 11.5 Å². The van der Waals surface area contributed by atoms with Gasteiger partial charge in [-0.15, -0.1) is 0 Å². The van der Waals surface area contributed by atoms with Crippen molar-refractivity contribution in [3.8, 4) is 11.5 Å². The highest BCUT2D eigenvalue weighted by Crippen LogP contribution is 2.34. The van der Waals surface area contributed by atoms with Gasteiger partial charge in [0.15, 0.2) is 6.29 Å². The van der Waals surface area contributed by atoms with Crippen LogP contribution >= 0.6 is 11.6 Å². The van der Waals surface area contributed by atoms with E-state index in [0.717, 1.165) is 24.0 Å². The summed E-state index contributed by atoms with van der Waals surface area (Å²) in [7, 11) is 0. The Bertz CT molecular complexity index is 654. The number of hydrogen-bond donors (Lipinski definition) is 0. The molecule has 2 aromatic rings. The first-order valence-corrected chi connectivity index (χ1v) is 7.25. The lowest BCUT2D eigenvalue weighted by Crippen LogP contribution is -2.19. The molecule has 0 aromatic heterocycles. The van der Waals surface area contributed by atoms with Gasteiger partial charge in [0, 0.05) is 16.5 Å². The first-order valence-electron chi connectivity index (χ1n) is 6.87. The summed E-state index contributed by atoms with van der Waals surface area (Å²) in [6.07, 6.45) is 1.67. The summed E-state index contributed by atoms with van der Waals surface area (Å²) in [6, 6.07) is 13.1. The Labute approximate surface area is 128 Å². The minimum atomic E-state index is 0.269. The summed E-state index contributed by atoms with van der Waals surface area (Å²) in [5.41, 5.74) is 1.63. The largest absolute Gasteiger partial charge is 0.493 e. The normalized spacial score (nSPS) is 16.7. The topological polar surface area (TPSA) is 35.5 Å². The summed E-state index contributed by atoms with van der Waals surface area (Å²) in [4.78, 5) is 11.1. The van der Waals surface area contributed by atoms with E-state index in [1.165, 1.54) is 0 Å². The van der Waals surface area contributed by atoms with Gasteiger partial charge in [0.2, 0.25) is 0 Å². The van der Waals surface area contributed by atoms with E-state index in [9.17, 15) is 4.79 Å². The van der Waals surface area contributed by atoms with Crippen molar-refractivity contribution in [1.82, 2.24) is 0 Å². The zero-order valence-electron chi connectivity index (χ0n) is 11.4. The Balaban J connectivity index is 1.76. The maximum atomic E-state index is 11.1. The van der Waals surface area contributed by atoms with Crippen molar-refractivity contribution in [2.45, 2.75) is 12.3 Å². The van der Waals surface area contributed by atoms with Gasteiger partial charge in [-0.05, 0) is 30.7 Å². The molecule has 0 aliphatic carbocycles. The van der Waals surface area contributed by atoms with E-state index >= 15 is 0 Å². The summed E-state index contributed by atoms with van der Waals surface area (Å²) >= 11 is 5.88. The van der Waals surface area contributed by atoms with Gasteiger partial charge in [-0.2, -0.15) is 0 Å². The van der Waals surface area contributed by atoms with E-state index in [4.69, 9.17) is 21.1 Å². The predicted molar refractivity (Wildman–Crippen MR) is 81.6 cm³/mol. The predicted octanol–water partition coefficient (Wildman–Crippen LogP) is 4.10. The van der Waals surface area contributed by atoms with Crippen LogP contribution in [0.4, 0.5) is 0 Å². The molecule has 4 heteroatoms. The van der Waals surface area contributed by atoms with Crippen LogP contribution in [0.3, 0.4) is 0 Å². The van der Waals surface area contributed by atoms with Crippen LogP contribution in [0, 0.1) is 0 Å². The molecule has 21 heavy (non-hydrogen) atoms. The highest BCUT2D eigenvalue weighted by atomic mass is 35.5. The molecule has 1 aliphatic rings. The Kier molecular flexibility index (Phi) is 4.11. The molecular formula is C17H15ClO3. The van der Waals surface area contributed by atoms with Gasteiger partial charge in [0.25, 0.3) is 0 Å². The maximum absolute atomic E-state index is 11.1. The Morgan fingerprint density at radius 1 is 1.29 bits per heavy atom. The molecule has 1 heterocycles. The number of fused-ring (bicyclic) bond motifs is 1. The monoisotopic (exact) mass is 302 g/mol. The number of hydrogen-bond acceptors (Lipinski definition) is 3. The van der Waals surface area contributed by atoms with Crippen LogP contribution in [0.1, 0.15) is 28.3 Å². The van der Waals surface area contributed by atoms with Crippen LogP contribution in [0.2, 0.25) is 5.02 Å². The van der Waals surface area contributed by atoms with Crippen LogP contribution in [-0.4, -0.2) is 19.5 Å². The maximum Gasteiger partial charge on any atom is 0.153 e. The molecule has 0 radical (unpaired) electrons. The van der Waals surface area contributed by atoms with Gasteiger partial charge < -0.3 is 9.47 Å². The van der Waals surface area contributed by atoms with Gasteiger partial charge in [0.1, 0.15) is 11.5 Å². The molecule has 1 unspecified atom stereocenters. The second-order valence-electron chi connectivity index (χ2n) is 4.98. The van der Waals surface area contributed by atoms with Crippen LogP contribution in [-0.2, 0) is 0 Å². The van der Waals surface area contributed by atoms with Gasteiger partial charge in [-0.3, -0.25) is 4.79 Å². The zero-order valence-corrected chi connectivity index (χ0v) is 12.2. The van der Waals surface area contributed by atoms with E-state index < -0.39 is 0 Å². The summed E-state index contributed by atoms with van der Waals surface area (Å²) in [5.74, 6) is 1.76. The van der Waals surface area contributed by atoms with Crippen molar-refractivity contribution >= 4 is 17.9 Å². The van der Waals surface area contributed by atoms with Gasteiger partial charge in [0.05, 0.1) is 18.8 Å². The minimum Gasteiger partial charge on any atom is -0.493 e. The average Bonchev–Trinajstić information content (AvgIpc) is 2.53. The lowest BCUT2D eigenvalue weighted by Gasteiger charge is -2.26. The van der Waals surface area contributed by atoms with E-state index in [1.54, 1.807) is 18.2 Å². The highest BCUT2D eigenvalue weighted by Gasteiger charge is 2.21. The van der Waals surface area contributed by atoms with E-state index in [1.807, 2.05) is 18.2 Å². The quantitative estimate of drug-likeness (QED) is 0.798. The average molecular weight is 303 g/mol. The minimum absolute atomic E-state index is 0.269. The molecule has 2 aromatic carbocycles. The number of carbonyl (C=O) groups excluding carboxylic acids is 1. The second kappa shape index (κ2) is 6.19. The Hall–Kier alpha value is -2.00. The molecule has 0 saturated carbocycles. The van der Waals surface area contributed by atoms with E-state index in [-0.39, 0.29) is 5.92 Å². The Morgan fingerprint density at radius 3 is 3.00 bits per heavy atom. The molecule has 1 aliphatic heterocycles. The third-order valence-electron chi connectivity index (χ3n) is 3.62. The first-order chi connectivity index (χ1) is 10.3. The SMILES string of the molecule is O=Cc1cc(Cl)ccc1OCC1CCOc2ccccc21. The lowest BCUT2D eigenvalue weighted by atomic mass is 9.94. The summed E-state index contributed by atoms with van der Waals surface area (Å²) in [5, 5.41) is 0.529. The third kappa shape index (κ3) is 3.03. The number of benzene rings is 2. The summed E-state index contributed by atoms with van der Waals surface area (Å²) in [6.45, 7) is 1.20. The van der Waals surface area contributed by atoms with Crippen molar-refractivity contribution in [1.29, 1.82) is 0 Å². The number of halogens is 1. The smallest absolute Gasteiger partial charge is 0.153 e. The van der Waals surface area contributed by atoms with E-state index in [0.29, 0.717) is 29.5 Å². The zero-order chi connectivity index (χ0) is 14.7. The fourth-order valence-electron chi connectivity index (χ4n) is 2.52. The number of para-hydroxylation sites is 1. The number of carbonyl (C=O) groups is 1. The molecule has 0 saturated heterocycles. The highest BCUT2D eigenvalue weighted by molar-refractivity contribution is 6.30. The van der Waals surface area contributed by atoms with Crippen LogP contribution in [0.25, 0.3) is 0 Å². The van der Waals surface area contributed by atoms with Crippen molar-refractivity contribution in [3.05, 3.63) is 58.6 Å². The summed E-state index contributed by atoms with van der Waals surface area (Å²) < 4.78 is 11.5. The third-order valence-corrected chi connectivity index (χ3v) is 3.86. The number of ether oxygens (including phenoxy) is 2. The van der Waals surface area contributed by atoms with Crippen molar-refractivity contribution in [3.63, 3.8) is 0 Å². The van der Waals surface area contributed by atoms with Gasteiger partial charge in [-0.1, -0.05) is 29.8 Å². The molecule has 3 rings (SSSR count). The second-order valence-corrected chi connectivity index (χ2v) is 5.42.